The number of carbonyl (C=O) groups excluding carboxylic acids is 2. The van der Waals surface area contributed by atoms with E-state index in [9.17, 15) is 18.4 Å². The maximum Gasteiger partial charge on any atom is 0.249 e. The van der Waals surface area contributed by atoms with E-state index in [1.165, 1.54) is 4.90 Å². The van der Waals surface area contributed by atoms with Crippen LogP contribution in [0.15, 0.2) is 53.8 Å². The number of carbonyl (C=O) groups is 2. The van der Waals surface area contributed by atoms with E-state index in [2.05, 4.69) is 22.2 Å². The van der Waals surface area contributed by atoms with Crippen LogP contribution in [0.4, 0.5) is 20.3 Å². The van der Waals surface area contributed by atoms with Crippen molar-refractivity contribution in [3.05, 3.63) is 59.4 Å². The fourth-order valence-corrected chi connectivity index (χ4v) is 4.91. The molecule has 9 heteroatoms. The lowest BCUT2D eigenvalue weighted by molar-refractivity contribution is -0.128. The van der Waals surface area contributed by atoms with Crippen LogP contribution in [0.25, 0.3) is 5.57 Å². The highest BCUT2D eigenvalue weighted by Gasteiger charge is 2.31. The number of anilines is 2. The minimum absolute atomic E-state index is 0.0465. The molecule has 0 bridgehead atoms. The second kappa shape index (κ2) is 9.73. The molecule has 2 aliphatic heterocycles. The third-order valence-corrected chi connectivity index (χ3v) is 7.11. The van der Waals surface area contributed by atoms with Crippen LogP contribution in [0.3, 0.4) is 0 Å². The van der Waals surface area contributed by atoms with Gasteiger partial charge in [-0.05, 0) is 49.2 Å². The summed E-state index contributed by atoms with van der Waals surface area (Å²) in [5.41, 5.74) is 3.23. The zero-order valence-electron chi connectivity index (χ0n) is 19.8. The highest BCUT2D eigenvalue weighted by Crippen LogP contribution is 2.36. The Hall–Kier alpha value is -3.33. The third kappa shape index (κ3) is 4.91. The van der Waals surface area contributed by atoms with Gasteiger partial charge in [0.05, 0.1) is 12.2 Å². The van der Waals surface area contributed by atoms with E-state index < -0.39 is 17.6 Å². The zero-order chi connectivity index (χ0) is 24.5. The highest BCUT2D eigenvalue weighted by molar-refractivity contribution is 6.02. The molecule has 0 aromatic carbocycles. The first-order chi connectivity index (χ1) is 16.9. The van der Waals surface area contributed by atoms with Gasteiger partial charge < -0.3 is 20.0 Å². The molecule has 7 nitrogen and oxygen atoms in total. The number of hydrogen-bond donors (Lipinski definition) is 1. The molecule has 3 heterocycles. The minimum atomic E-state index is -0.724. The Bertz CT molecular complexity index is 1160. The number of allylic oxidation sites excluding steroid dienone is 6. The van der Waals surface area contributed by atoms with Crippen LogP contribution < -0.4 is 10.2 Å². The number of nitrogens with zero attached hydrogens (tertiary/aromatic N) is 4. The zero-order valence-corrected chi connectivity index (χ0v) is 19.8. The normalized spacial score (nSPS) is 23.1. The van der Waals surface area contributed by atoms with Crippen molar-refractivity contribution < 1.29 is 18.4 Å². The summed E-state index contributed by atoms with van der Waals surface area (Å²) in [5, 5.41) is 3.01. The van der Waals surface area contributed by atoms with Gasteiger partial charge in [-0.3, -0.25) is 9.59 Å². The molecule has 5 rings (SSSR count). The van der Waals surface area contributed by atoms with Crippen LogP contribution in [0, 0.1) is 5.92 Å². The molecule has 1 unspecified atom stereocenters. The Kier molecular flexibility index (Phi) is 6.51. The lowest BCUT2D eigenvalue weighted by Gasteiger charge is -2.33. The lowest BCUT2D eigenvalue weighted by atomic mass is 9.92. The molecular formula is C26H29F2N5O2. The molecule has 1 N–H and O–H groups in total. The van der Waals surface area contributed by atoms with Crippen LogP contribution in [0.2, 0.25) is 0 Å². The quantitative estimate of drug-likeness (QED) is 0.714. The molecule has 1 atom stereocenters. The number of likely N-dealkylation sites (N-methyl/N-ethyl adjacent to an activating group) is 1. The van der Waals surface area contributed by atoms with E-state index in [0.29, 0.717) is 24.3 Å². The number of aromatic nitrogens is 1. The number of fused-ring (bicyclic) bond motifs is 1. The van der Waals surface area contributed by atoms with E-state index in [4.69, 9.17) is 0 Å². The van der Waals surface area contributed by atoms with Crippen molar-refractivity contribution in [1.29, 1.82) is 0 Å². The van der Waals surface area contributed by atoms with Crippen LogP contribution in [-0.2, 0) is 9.59 Å². The van der Waals surface area contributed by atoms with Gasteiger partial charge in [0.2, 0.25) is 11.8 Å². The number of piperazine rings is 1. The number of halogens is 2. The van der Waals surface area contributed by atoms with Gasteiger partial charge in [-0.2, -0.15) is 0 Å². The minimum Gasteiger partial charge on any atom is -0.359 e. The molecule has 2 aliphatic carbocycles. The molecule has 1 aromatic rings. The summed E-state index contributed by atoms with van der Waals surface area (Å²) in [5.74, 6) is -1.12. The lowest BCUT2D eigenvalue weighted by Crippen LogP contribution is -2.47. The maximum absolute atomic E-state index is 14.3. The summed E-state index contributed by atoms with van der Waals surface area (Å²) >= 11 is 0. The van der Waals surface area contributed by atoms with Crippen LogP contribution in [0.1, 0.15) is 24.8 Å². The standard InChI is InChI=1S/C26H29F2N5O2/c1-31-8-10-32(11-9-31)26(35)18-4-2-17(3-5-18)19-13-23-25(29-14-19)30-15-24(34)33(23)16-20-12-21(27)6-7-22(20)28/h2,4,6-7,13-14,20H,3,5,8-12,15-16H2,1H3,(H,29,30). The average Bonchev–Trinajstić information content (AvgIpc) is 2.87. The van der Waals surface area contributed by atoms with Crippen molar-refractivity contribution in [2.75, 3.05) is 56.5 Å². The molecular weight excluding hydrogens is 452 g/mol. The Morgan fingerprint density at radius 1 is 1.11 bits per heavy atom. The van der Waals surface area contributed by atoms with Crippen molar-refractivity contribution in [1.82, 2.24) is 14.8 Å². The largest absolute Gasteiger partial charge is 0.359 e. The molecule has 2 amide bonds. The molecule has 0 spiro atoms. The summed E-state index contributed by atoms with van der Waals surface area (Å²) in [7, 11) is 2.06. The van der Waals surface area contributed by atoms with Crippen molar-refractivity contribution in [2.45, 2.75) is 19.3 Å². The molecule has 1 fully saturated rings. The number of rotatable bonds is 4. The summed E-state index contributed by atoms with van der Waals surface area (Å²) in [6.07, 6.45) is 9.09. The Morgan fingerprint density at radius 3 is 2.66 bits per heavy atom. The van der Waals surface area contributed by atoms with Crippen LogP contribution in [0.5, 0.6) is 0 Å². The number of hydrogen-bond acceptors (Lipinski definition) is 5. The highest BCUT2D eigenvalue weighted by atomic mass is 19.1. The molecule has 4 aliphatic rings. The fraction of sp³-hybridized carbons (Fsp3) is 0.423. The molecule has 0 radical (unpaired) electrons. The second-order valence-corrected chi connectivity index (χ2v) is 9.50. The molecule has 35 heavy (non-hydrogen) atoms. The summed E-state index contributed by atoms with van der Waals surface area (Å²) in [6.45, 7) is 3.35. The van der Waals surface area contributed by atoms with Gasteiger partial charge in [0.1, 0.15) is 17.5 Å². The smallest absolute Gasteiger partial charge is 0.249 e. The Morgan fingerprint density at radius 2 is 1.91 bits per heavy atom. The van der Waals surface area contributed by atoms with Crippen LogP contribution in [-0.4, -0.2) is 72.9 Å². The SMILES string of the molecule is CN1CCN(C(=O)C2=CC=C(c3cnc4c(c3)N(CC3CC(F)=CC=C3F)C(=O)CN4)CC2)CC1. The van der Waals surface area contributed by atoms with E-state index in [1.807, 2.05) is 23.1 Å². The van der Waals surface area contributed by atoms with Gasteiger partial charge >= 0.3 is 0 Å². The molecule has 1 aromatic heterocycles. The summed E-state index contributed by atoms with van der Waals surface area (Å²) in [6, 6.07) is 1.87. The van der Waals surface area contributed by atoms with Gasteiger partial charge in [-0.1, -0.05) is 12.2 Å². The van der Waals surface area contributed by atoms with Gasteiger partial charge in [-0.15, -0.1) is 0 Å². The van der Waals surface area contributed by atoms with Gasteiger partial charge in [0, 0.05) is 56.8 Å². The van der Waals surface area contributed by atoms with Crippen molar-refractivity contribution in [3.8, 4) is 0 Å². The van der Waals surface area contributed by atoms with Gasteiger partial charge in [0.25, 0.3) is 0 Å². The summed E-state index contributed by atoms with van der Waals surface area (Å²) in [4.78, 5) is 35.7. The second-order valence-electron chi connectivity index (χ2n) is 9.50. The first kappa shape index (κ1) is 23.4. The van der Waals surface area contributed by atoms with Gasteiger partial charge in [-0.25, -0.2) is 13.8 Å². The van der Waals surface area contributed by atoms with E-state index in [0.717, 1.165) is 55.0 Å². The van der Waals surface area contributed by atoms with E-state index in [-0.39, 0.29) is 31.3 Å². The third-order valence-electron chi connectivity index (χ3n) is 7.11. The molecule has 1 saturated heterocycles. The molecule has 184 valence electrons. The fourth-order valence-electron chi connectivity index (χ4n) is 4.91. The maximum atomic E-state index is 14.3. The Balaban J connectivity index is 1.35. The topological polar surface area (TPSA) is 68.8 Å². The van der Waals surface area contributed by atoms with Crippen LogP contribution >= 0.6 is 0 Å². The summed E-state index contributed by atoms with van der Waals surface area (Å²) < 4.78 is 28.1. The molecule has 0 saturated carbocycles. The van der Waals surface area contributed by atoms with E-state index in [1.54, 1.807) is 6.20 Å². The van der Waals surface area contributed by atoms with E-state index >= 15 is 0 Å². The number of pyridine rings is 1. The van der Waals surface area contributed by atoms with Crippen molar-refractivity contribution in [3.63, 3.8) is 0 Å². The first-order valence-electron chi connectivity index (χ1n) is 12.0. The monoisotopic (exact) mass is 481 g/mol. The predicted octanol–water partition coefficient (Wildman–Crippen LogP) is 3.44. The number of amides is 2. The number of nitrogens with one attached hydrogen (secondary N) is 1. The van der Waals surface area contributed by atoms with Gasteiger partial charge in [0.15, 0.2) is 0 Å². The average molecular weight is 482 g/mol. The van der Waals surface area contributed by atoms with Crippen molar-refractivity contribution in [2.24, 2.45) is 5.92 Å². The van der Waals surface area contributed by atoms with Crippen molar-refractivity contribution >= 4 is 28.9 Å². The Labute approximate surface area is 203 Å². The predicted molar refractivity (Wildman–Crippen MR) is 131 cm³/mol. The first-order valence-corrected chi connectivity index (χ1v) is 12.0.